The van der Waals surface area contributed by atoms with Crippen molar-refractivity contribution < 1.29 is 4.79 Å². The molecule has 0 atom stereocenters. The first-order valence-corrected chi connectivity index (χ1v) is 9.66. The summed E-state index contributed by atoms with van der Waals surface area (Å²) in [5.74, 6) is 0.445. The topological polar surface area (TPSA) is 67.2 Å². The zero-order valence-electron chi connectivity index (χ0n) is 15.0. The molecular weight excluding hydrogens is 399 g/mol. The predicted octanol–water partition coefficient (Wildman–Crippen LogP) is 3.00. The number of halogens is 2. The molecule has 144 valence electrons. The second kappa shape index (κ2) is 8.16. The Morgan fingerprint density at radius 3 is 2.43 bits per heavy atom. The van der Waals surface area contributed by atoms with Gasteiger partial charge in [0, 0.05) is 47.5 Å². The van der Waals surface area contributed by atoms with Crippen LogP contribution in [-0.4, -0.2) is 57.2 Å². The van der Waals surface area contributed by atoms with E-state index in [0.717, 1.165) is 24.3 Å². The van der Waals surface area contributed by atoms with Gasteiger partial charge in [0.05, 0.1) is 0 Å². The Balaban J connectivity index is 1.34. The third-order valence-electron chi connectivity index (χ3n) is 4.64. The van der Waals surface area contributed by atoms with Crippen molar-refractivity contribution in [3.63, 3.8) is 0 Å². The third-order valence-corrected chi connectivity index (χ3v) is 5.12. The summed E-state index contributed by atoms with van der Waals surface area (Å²) < 4.78 is 0. The van der Waals surface area contributed by atoms with Gasteiger partial charge in [0.2, 0.25) is 11.7 Å². The molecule has 2 aromatic carbocycles. The molecule has 1 aliphatic heterocycles. The summed E-state index contributed by atoms with van der Waals surface area (Å²) in [4.78, 5) is 18.0. The van der Waals surface area contributed by atoms with Gasteiger partial charge in [-0.3, -0.25) is 4.79 Å². The molecule has 28 heavy (non-hydrogen) atoms. The summed E-state index contributed by atoms with van der Waals surface area (Å²) in [6.07, 6.45) is 0. The first kappa shape index (κ1) is 18.7. The van der Waals surface area contributed by atoms with Crippen LogP contribution in [0.3, 0.4) is 0 Å². The number of amides is 1. The Hall–Kier alpha value is -2.64. The molecule has 0 saturated carbocycles. The van der Waals surface area contributed by atoms with Crippen LogP contribution in [0.1, 0.15) is 0 Å². The van der Waals surface area contributed by atoms with Crippen LogP contribution >= 0.6 is 23.2 Å². The molecule has 3 aromatic rings. The summed E-state index contributed by atoms with van der Waals surface area (Å²) in [5, 5.41) is 13.7. The van der Waals surface area contributed by atoms with E-state index in [4.69, 9.17) is 23.2 Å². The molecule has 1 aliphatic rings. The summed E-state index contributed by atoms with van der Waals surface area (Å²) in [5.41, 5.74) is 1.88. The van der Waals surface area contributed by atoms with E-state index in [-0.39, 0.29) is 12.5 Å². The number of benzene rings is 2. The van der Waals surface area contributed by atoms with E-state index in [0.29, 0.717) is 29.0 Å². The number of anilines is 1. The number of piperazine rings is 1. The largest absolute Gasteiger partial charge is 0.368 e. The molecule has 9 heteroatoms. The Morgan fingerprint density at radius 2 is 1.71 bits per heavy atom. The fraction of sp³-hybridized carbons (Fsp3) is 0.263. The minimum atomic E-state index is -0.0224. The van der Waals surface area contributed by atoms with Gasteiger partial charge in [0.15, 0.2) is 0 Å². The van der Waals surface area contributed by atoms with Crippen LogP contribution < -0.4 is 4.90 Å². The van der Waals surface area contributed by atoms with Crippen LogP contribution in [0.2, 0.25) is 10.0 Å². The number of nitrogens with zero attached hydrogens (tertiary/aromatic N) is 6. The quantitative estimate of drug-likeness (QED) is 0.653. The molecule has 7 nitrogen and oxygen atoms in total. The van der Waals surface area contributed by atoms with Gasteiger partial charge in [-0.15, -0.1) is 10.2 Å². The molecule has 0 radical (unpaired) electrons. The van der Waals surface area contributed by atoms with Gasteiger partial charge in [-0.25, -0.2) is 0 Å². The molecule has 4 rings (SSSR count). The molecular formula is C19H18Cl2N6O. The number of carbonyl (C=O) groups is 1. The number of hydrogen-bond donors (Lipinski definition) is 0. The highest BCUT2D eigenvalue weighted by molar-refractivity contribution is 6.31. The molecule has 1 aromatic heterocycles. The average molecular weight is 417 g/mol. The molecule has 0 N–H and O–H groups in total. The Morgan fingerprint density at radius 1 is 0.964 bits per heavy atom. The van der Waals surface area contributed by atoms with E-state index in [1.165, 1.54) is 4.80 Å². The van der Waals surface area contributed by atoms with Crippen LogP contribution in [0.5, 0.6) is 0 Å². The molecule has 2 heterocycles. The number of rotatable bonds is 4. The lowest BCUT2D eigenvalue weighted by atomic mass is 10.2. The Kier molecular flexibility index (Phi) is 5.45. The molecule has 0 bridgehead atoms. The maximum atomic E-state index is 12.6. The zero-order chi connectivity index (χ0) is 19.5. The van der Waals surface area contributed by atoms with E-state index in [9.17, 15) is 4.79 Å². The third kappa shape index (κ3) is 4.26. The normalized spacial score (nSPS) is 14.4. The van der Waals surface area contributed by atoms with Gasteiger partial charge >= 0.3 is 0 Å². The van der Waals surface area contributed by atoms with Crippen molar-refractivity contribution in [2.75, 3.05) is 31.1 Å². The van der Waals surface area contributed by atoms with Gasteiger partial charge in [0.25, 0.3) is 0 Å². The highest BCUT2D eigenvalue weighted by Gasteiger charge is 2.22. The van der Waals surface area contributed by atoms with E-state index in [2.05, 4.69) is 20.3 Å². The Labute approximate surface area is 172 Å². The van der Waals surface area contributed by atoms with Gasteiger partial charge in [-0.1, -0.05) is 29.3 Å². The maximum Gasteiger partial charge on any atom is 0.246 e. The second-order valence-electron chi connectivity index (χ2n) is 6.50. The maximum absolute atomic E-state index is 12.6. The molecule has 1 fully saturated rings. The molecule has 0 aliphatic carbocycles. The number of hydrogen-bond acceptors (Lipinski definition) is 5. The van der Waals surface area contributed by atoms with E-state index < -0.39 is 0 Å². The van der Waals surface area contributed by atoms with Gasteiger partial charge < -0.3 is 9.80 Å². The molecule has 0 unspecified atom stereocenters. The minimum Gasteiger partial charge on any atom is -0.368 e. The van der Waals surface area contributed by atoms with Crippen LogP contribution in [0.4, 0.5) is 5.69 Å². The van der Waals surface area contributed by atoms with Gasteiger partial charge in [-0.05, 0) is 47.7 Å². The van der Waals surface area contributed by atoms with Crippen molar-refractivity contribution in [2.45, 2.75) is 6.54 Å². The van der Waals surface area contributed by atoms with E-state index in [1.807, 2.05) is 41.3 Å². The summed E-state index contributed by atoms with van der Waals surface area (Å²) >= 11 is 12.0. The Bertz CT molecular complexity index is 967. The second-order valence-corrected chi connectivity index (χ2v) is 7.37. The fourth-order valence-corrected chi connectivity index (χ4v) is 3.44. The summed E-state index contributed by atoms with van der Waals surface area (Å²) in [6.45, 7) is 2.87. The average Bonchev–Trinajstić information content (AvgIpc) is 3.17. The van der Waals surface area contributed by atoms with Gasteiger partial charge in [0.1, 0.15) is 6.54 Å². The first-order valence-electron chi connectivity index (χ1n) is 8.90. The monoisotopic (exact) mass is 416 g/mol. The minimum absolute atomic E-state index is 0.0224. The number of aromatic nitrogens is 4. The molecule has 1 saturated heterocycles. The van der Waals surface area contributed by atoms with Crippen molar-refractivity contribution in [3.8, 4) is 11.4 Å². The SMILES string of the molecule is O=C(Cn1nnc(-c2ccc(Cl)cc2)n1)N1CCN(c2cccc(Cl)c2)CC1. The van der Waals surface area contributed by atoms with E-state index in [1.54, 1.807) is 12.1 Å². The standard InChI is InChI=1S/C19H18Cl2N6O/c20-15-6-4-14(5-7-15)19-22-24-27(23-19)13-18(28)26-10-8-25(9-11-26)17-3-1-2-16(21)12-17/h1-7,12H,8-11,13H2. The predicted molar refractivity (Wildman–Crippen MR) is 109 cm³/mol. The fourth-order valence-electron chi connectivity index (χ4n) is 3.13. The lowest BCUT2D eigenvalue weighted by Gasteiger charge is -2.36. The van der Waals surface area contributed by atoms with Crippen molar-refractivity contribution in [1.82, 2.24) is 25.1 Å². The smallest absolute Gasteiger partial charge is 0.246 e. The van der Waals surface area contributed by atoms with Crippen LogP contribution in [0, 0.1) is 0 Å². The van der Waals surface area contributed by atoms with Crippen molar-refractivity contribution >= 4 is 34.8 Å². The van der Waals surface area contributed by atoms with Crippen LogP contribution in [-0.2, 0) is 11.3 Å². The molecule has 1 amide bonds. The van der Waals surface area contributed by atoms with Gasteiger partial charge in [-0.2, -0.15) is 4.80 Å². The summed E-state index contributed by atoms with van der Waals surface area (Å²) in [7, 11) is 0. The zero-order valence-corrected chi connectivity index (χ0v) is 16.5. The van der Waals surface area contributed by atoms with Crippen molar-refractivity contribution in [1.29, 1.82) is 0 Å². The lowest BCUT2D eigenvalue weighted by molar-refractivity contribution is -0.132. The highest BCUT2D eigenvalue weighted by atomic mass is 35.5. The van der Waals surface area contributed by atoms with Crippen molar-refractivity contribution in [3.05, 3.63) is 58.6 Å². The number of tetrazole rings is 1. The first-order chi connectivity index (χ1) is 13.6. The lowest BCUT2D eigenvalue weighted by Crippen LogP contribution is -2.49. The van der Waals surface area contributed by atoms with Crippen LogP contribution in [0.25, 0.3) is 11.4 Å². The molecule has 0 spiro atoms. The highest BCUT2D eigenvalue weighted by Crippen LogP contribution is 2.21. The van der Waals surface area contributed by atoms with E-state index >= 15 is 0 Å². The van der Waals surface area contributed by atoms with Crippen molar-refractivity contribution in [2.24, 2.45) is 0 Å². The number of carbonyl (C=O) groups excluding carboxylic acids is 1. The van der Waals surface area contributed by atoms with Crippen LogP contribution in [0.15, 0.2) is 48.5 Å². The summed E-state index contributed by atoms with van der Waals surface area (Å²) in [6, 6.07) is 14.9.